The summed E-state index contributed by atoms with van der Waals surface area (Å²) in [5.41, 5.74) is 6.64. The summed E-state index contributed by atoms with van der Waals surface area (Å²) < 4.78 is 0.850. The Bertz CT molecular complexity index is 369. The van der Waals surface area contributed by atoms with Crippen LogP contribution in [0.15, 0.2) is 10.5 Å². The molecule has 16 heavy (non-hydrogen) atoms. The molecule has 1 atom stereocenters. The van der Waals surface area contributed by atoms with Crippen molar-refractivity contribution in [3.05, 3.63) is 16.2 Å². The molecule has 5 heteroatoms. The fourth-order valence-electron chi connectivity index (χ4n) is 2.18. The Labute approximate surface area is 104 Å². The van der Waals surface area contributed by atoms with Crippen molar-refractivity contribution in [3.8, 4) is 0 Å². The van der Waals surface area contributed by atoms with Crippen molar-refractivity contribution in [3.63, 3.8) is 0 Å². The van der Waals surface area contributed by atoms with Gasteiger partial charge in [-0.25, -0.2) is 0 Å². The average Bonchev–Trinajstić information content (AvgIpc) is 2.71. The van der Waals surface area contributed by atoms with Crippen LogP contribution in [0.1, 0.15) is 19.0 Å². The molecule has 0 aliphatic carbocycles. The van der Waals surface area contributed by atoms with Crippen molar-refractivity contribution in [1.29, 1.82) is 0 Å². The highest BCUT2D eigenvalue weighted by Crippen LogP contribution is 2.22. The fraction of sp³-hybridized carbons (Fsp3) is 0.636. The fourth-order valence-corrected chi connectivity index (χ4v) is 2.52. The van der Waals surface area contributed by atoms with E-state index >= 15 is 0 Å². The average molecular weight is 285 g/mol. The predicted octanol–water partition coefficient (Wildman–Crippen LogP) is 1.71. The topological polar surface area (TPSA) is 55.0 Å². The molecule has 1 unspecified atom stereocenters. The molecule has 2 rings (SSSR count). The maximum absolute atomic E-state index is 5.61. The van der Waals surface area contributed by atoms with E-state index in [-0.39, 0.29) is 0 Å². The van der Waals surface area contributed by atoms with Gasteiger partial charge in [-0.05, 0) is 53.8 Å². The molecule has 0 saturated carbocycles. The first-order chi connectivity index (χ1) is 7.69. The van der Waals surface area contributed by atoms with Gasteiger partial charge in [-0.15, -0.1) is 5.10 Å². The van der Waals surface area contributed by atoms with E-state index in [2.05, 4.69) is 38.0 Å². The molecule has 2 heterocycles. The highest BCUT2D eigenvalue weighted by molar-refractivity contribution is 9.10. The molecular formula is C11H17BrN4. The summed E-state index contributed by atoms with van der Waals surface area (Å²) in [6.45, 7) is 5.75. The number of nitrogens with zero attached hydrogens (tertiary/aromatic N) is 3. The number of anilines is 1. The lowest BCUT2D eigenvalue weighted by Gasteiger charge is -2.12. The maximum Gasteiger partial charge on any atom is 0.160 e. The molecule has 0 amide bonds. The molecular weight excluding hydrogens is 268 g/mol. The summed E-state index contributed by atoms with van der Waals surface area (Å²) in [5.74, 6) is 1.18. The van der Waals surface area contributed by atoms with Gasteiger partial charge in [0.15, 0.2) is 5.82 Å². The van der Waals surface area contributed by atoms with Crippen LogP contribution in [-0.4, -0.2) is 34.7 Å². The van der Waals surface area contributed by atoms with Crippen molar-refractivity contribution >= 4 is 21.7 Å². The second-order valence-electron chi connectivity index (χ2n) is 4.32. The lowest BCUT2D eigenvalue weighted by atomic mass is 10.0. The first kappa shape index (κ1) is 11.8. The van der Waals surface area contributed by atoms with Crippen LogP contribution in [0.4, 0.5) is 5.82 Å². The number of hydrogen-bond acceptors (Lipinski definition) is 4. The Morgan fingerprint density at radius 2 is 2.38 bits per heavy atom. The smallest absolute Gasteiger partial charge is 0.160 e. The van der Waals surface area contributed by atoms with E-state index in [1.807, 2.05) is 6.07 Å². The molecule has 1 saturated heterocycles. The number of likely N-dealkylation sites (tertiary alicyclic amines) is 1. The van der Waals surface area contributed by atoms with Crippen LogP contribution in [0.5, 0.6) is 0 Å². The molecule has 2 N–H and O–H groups in total. The van der Waals surface area contributed by atoms with Gasteiger partial charge < -0.3 is 10.6 Å². The van der Waals surface area contributed by atoms with Crippen LogP contribution < -0.4 is 5.73 Å². The quantitative estimate of drug-likeness (QED) is 0.918. The Morgan fingerprint density at radius 1 is 1.56 bits per heavy atom. The zero-order valence-electron chi connectivity index (χ0n) is 9.49. The van der Waals surface area contributed by atoms with E-state index in [9.17, 15) is 0 Å². The second kappa shape index (κ2) is 5.10. The zero-order valence-corrected chi connectivity index (χ0v) is 11.1. The Balaban J connectivity index is 1.97. The third-order valence-corrected chi connectivity index (χ3v) is 3.77. The molecule has 1 aromatic heterocycles. The van der Waals surface area contributed by atoms with Gasteiger partial charge in [0.1, 0.15) is 0 Å². The van der Waals surface area contributed by atoms with Crippen molar-refractivity contribution in [2.45, 2.75) is 19.8 Å². The standard InChI is InChI=1S/C11H17BrN4/c1-2-16-4-3-8(7-16)5-9-6-10(12)11(13)15-14-9/h6,8H,2-5,7H2,1H3,(H2,13,15). The number of rotatable bonds is 3. The van der Waals surface area contributed by atoms with E-state index in [0.717, 1.165) is 23.1 Å². The van der Waals surface area contributed by atoms with Crippen LogP contribution in [0, 0.1) is 5.92 Å². The maximum atomic E-state index is 5.61. The third kappa shape index (κ3) is 2.71. The third-order valence-electron chi connectivity index (χ3n) is 3.14. The van der Waals surface area contributed by atoms with Crippen LogP contribution in [-0.2, 0) is 6.42 Å². The summed E-state index contributed by atoms with van der Waals surface area (Å²) in [7, 11) is 0. The van der Waals surface area contributed by atoms with Crippen molar-refractivity contribution < 1.29 is 0 Å². The van der Waals surface area contributed by atoms with Crippen LogP contribution in [0.3, 0.4) is 0 Å². The Hall–Kier alpha value is -0.680. The van der Waals surface area contributed by atoms with E-state index in [0.29, 0.717) is 11.7 Å². The van der Waals surface area contributed by atoms with Gasteiger partial charge in [-0.1, -0.05) is 6.92 Å². The molecule has 0 bridgehead atoms. The summed E-state index contributed by atoms with van der Waals surface area (Å²) in [6.07, 6.45) is 2.26. The lowest BCUT2D eigenvalue weighted by molar-refractivity contribution is 0.341. The molecule has 0 aromatic carbocycles. The molecule has 88 valence electrons. The van der Waals surface area contributed by atoms with Crippen molar-refractivity contribution in [2.24, 2.45) is 5.92 Å². The molecule has 1 fully saturated rings. The minimum absolute atomic E-state index is 0.463. The van der Waals surface area contributed by atoms with E-state index in [1.54, 1.807) is 0 Å². The lowest BCUT2D eigenvalue weighted by Crippen LogP contribution is -2.20. The van der Waals surface area contributed by atoms with Crippen LogP contribution in [0.25, 0.3) is 0 Å². The van der Waals surface area contributed by atoms with Gasteiger partial charge in [-0.3, -0.25) is 0 Å². The number of aromatic nitrogens is 2. The molecule has 4 nitrogen and oxygen atoms in total. The zero-order chi connectivity index (χ0) is 11.5. The predicted molar refractivity (Wildman–Crippen MR) is 68.1 cm³/mol. The number of hydrogen-bond donors (Lipinski definition) is 1. The highest BCUT2D eigenvalue weighted by atomic mass is 79.9. The number of nitrogen functional groups attached to an aromatic ring is 1. The SMILES string of the molecule is CCN1CCC(Cc2cc(Br)c(N)nn2)C1. The second-order valence-corrected chi connectivity index (χ2v) is 5.18. The van der Waals surface area contributed by atoms with Gasteiger partial charge in [0, 0.05) is 6.54 Å². The van der Waals surface area contributed by atoms with Crippen molar-refractivity contribution in [1.82, 2.24) is 15.1 Å². The van der Waals surface area contributed by atoms with E-state index < -0.39 is 0 Å². The number of halogens is 1. The minimum Gasteiger partial charge on any atom is -0.381 e. The minimum atomic E-state index is 0.463. The van der Waals surface area contributed by atoms with Gasteiger partial charge >= 0.3 is 0 Å². The van der Waals surface area contributed by atoms with Crippen LogP contribution >= 0.6 is 15.9 Å². The van der Waals surface area contributed by atoms with Gasteiger partial charge in [-0.2, -0.15) is 5.10 Å². The Morgan fingerprint density at radius 3 is 3.00 bits per heavy atom. The van der Waals surface area contributed by atoms with Crippen LogP contribution in [0.2, 0.25) is 0 Å². The van der Waals surface area contributed by atoms with E-state index in [4.69, 9.17) is 5.73 Å². The molecule has 0 spiro atoms. The summed E-state index contributed by atoms with van der Waals surface area (Å²) >= 11 is 3.38. The first-order valence-electron chi connectivity index (χ1n) is 5.69. The summed E-state index contributed by atoms with van der Waals surface area (Å²) in [4.78, 5) is 2.48. The van der Waals surface area contributed by atoms with Gasteiger partial charge in [0.25, 0.3) is 0 Å². The van der Waals surface area contributed by atoms with Gasteiger partial charge in [0.2, 0.25) is 0 Å². The number of nitrogens with two attached hydrogens (primary N) is 1. The molecule has 1 aliphatic heterocycles. The largest absolute Gasteiger partial charge is 0.381 e. The molecule has 1 aromatic rings. The normalized spacial score (nSPS) is 21.5. The molecule has 0 radical (unpaired) electrons. The highest BCUT2D eigenvalue weighted by Gasteiger charge is 2.21. The van der Waals surface area contributed by atoms with Crippen molar-refractivity contribution in [2.75, 3.05) is 25.4 Å². The Kier molecular flexibility index (Phi) is 3.76. The summed E-state index contributed by atoms with van der Waals surface area (Å²) in [5, 5.41) is 8.06. The van der Waals surface area contributed by atoms with Gasteiger partial charge in [0.05, 0.1) is 10.2 Å². The molecule has 1 aliphatic rings. The first-order valence-corrected chi connectivity index (χ1v) is 6.48. The monoisotopic (exact) mass is 284 g/mol. The summed E-state index contributed by atoms with van der Waals surface area (Å²) in [6, 6.07) is 1.98. The van der Waals surface area contributed by atoms with E-state index in [1.165, 1.54) is 19.5 Å².